The lowest BCUT2D eigenvalue weighted by molar-refractivity contribution is 0.0520. The van der Waals surface area contributed by atoms with Gasteiger partial charge in [0.25, 0.3) is 0 Å². The van der Waals surface area contributed by atoms with Crippen LogP contribution in [0.25, 0.3) is 0 Å². The minimum Gasteiger partial charge on any atom is -0.438 e. The van der Waals surface area contributed by atoms with Crippen LogP contribution in [0.3, 0.4) is 0 Å². The quantitative estimate of drug-likeness (QED) is 0.451. The highest BCUT2D eigenvalue weighted by Crippen LogP contribution is 2.13. The molecule has 0 saturated carbocycles. The van der Waals surface area contributed by atoms with Gasteiger partial charge in [0.2, 0.25) is 0 Å². The summed E-state index contributed by atoms with van der Waals surface area (Å²) in [7, 11) is 1.27. The van der Waals surface area contributed by atoms with Crippen LogP contribution in [0.4, 0.5) is 4.79 Å². The summed E-state index contributed by atoms with van der Waals surface area (Å²) in [4.78, 5) is 11.1. The van der Waals surface area contributed by atoms with Gasteiger partial charge in [-0.2, -0.15) is 0 Å². The van der Waals surface area contributed by atoms with Crippen LogP contribution < -0.4 is 0 Å². The molecule has 0 aliphatic rings. The van der Waals surface area contributed by atoms with Gasteiger partial charge in [0.15, 0.2) is 6.10 Å². The monoisotopic (exact) mass is 256 g/mol. The van der Waals surface area contributed by atoms with E-state index in [-0.39, 0.29) is 6.61 Å². The van der Waals surface area contributed by atoms with E-state index < -0.39 is 17.7 Å². The number of aliphatic hydroxyl groups excluding tert-OH is 1. The first kappa shape index (κ1) is 16.8. The van der Waals surface area contributed by atoms with Crippen LogP contribution in [-0.4, -0.2) is 31.1 Å². The van der Waals surface area contributed by atoms with Crippen molar-refractivity contribution in [3.05, 3.63) is 0 Å². The number of ether oxygens (including phenoxy) is 2. The molecule has 0 heterocycles. The van der Waals surface area contributed by atoms with Crippen LogP contribution in [0.1, 0.15) is 46.5 Å². The second kappa shape index (κ2) is 8.82. The third-order valence-corrected chi connectivity index (χ3v) is 2.44. The van der Waals surface area contributed by atoms with Crippen LogP contribution >= 0.6 is 0 Å². The average Bonchev–Trinajstić information content (AvgIpc) is 2.35. The SMILES string of the molecule is CCCCCC(C#CC(C)(C)CO)OC(=O)OC. The minimum absolute atomic E-state index is 0.0279. The zero-order valence-corrected chi connectivity index (χ0v) is 11.8. The Morgan fingerprint density at radius 1 is 1.39 bits per heavy atom. The number of hydrogen-bond donors (Lipinski definition) is 1. The lowest BCUT2D eigenvalue weighted by Crippen LogP contribution is -2.19. The Hall–Kier alpha value is -1.21. The molecule has 1 atom stereocenters. The molecule has 0 radical (unpaired) electrons. The Labute approximate surface area is 110 Å². The van der Waals surface area contributed by atoms with Crippen molar-refractivity contribution in [3.63, 3.8) is 0 Å². The van der Waals surface area contributed by atoms with Gasteiger partial charge in [0, 0.05) is 5.41 Å². The van der Waals surface area contributed by atoms with Gasteiger partial charge in [-0.15, -0.1) is 0 Å². The summed E-state index contributed by atoms with van der Waals surface area (Å²) < 4.78 is 9.54. The van der Waals surface area contributed by atoms with Crippen molar-refractivity contribution < 1.29 is 19.4 Å². The molecule has 0 aliphatic heterocycles. The molecule has 0 saturated heterocycles. The molecule has 0 aliphatic carbocycles. The summed E-state index contributed by atoms with van der Waals surface area (Å²) >= 11 is 0. The van der Waals surface area contributed by atoms with Crippen LogP contribution in [-0.2, 0) is 9.47 Å². The fraction of sp³-hybridized carbons (Fsp3) is 0.786. The van der Waals surface area contributed by atoms with E-state index in [4.69, 9.17) is 9.84 Å². The van der Waals surface area contributed by atoms with Gasteiger partial charge < -0.3 is 14.6 Å². The molecule has 4 heteroatoms. The molecule has 0 bridgehead atoms. The zero-order valence-electron chi connectivity index (χ0n) is 11.8. The fourth-order valence-electron chi connectivity index (χ4n) is 1.22. The molecule has 0 aromatic carbocycles. The average molecular weight is 256 g/mol. The Morgan fingerprint density at radius 3 is 2.56 bits per heavy atom. The molecular weight excluding hydrogens is 232 g/mol. The van der Waals surface area contributed by atoms with E-state index in [1.165, 1.54) is 7.11 Å². The van der Waals surface area contributed by atoms with Gasteiger partial charge in [0.1, 0.15) is 0 Å². The highest BCUT2D eigenvalue weighted by molar-refractivity contribution is 5.60. The predicted molar refractivity (Wildman–Crippen MR) is 70.1 cm³/mol. The topological polar surface area (TPSA) is 55.8 Å². The van der Waals surface area contributed by atoms with E-state index in [2.05, 4.69) is 23.5 Å². The summed E-state index contributed by atoms with van der Waals surface area (Å²) in [5, 5.41) is 9.11. The number of aliphatic hydroxyl groups is 1. The molecule has 0 fully saturated rings. The van der Waals surface area contributed by atoms with E-state index in [1.807, 2.05) is 13.8 Å². The fourth-order valence-corrected chi connectivity index (χ4v) is 1.22. The molecule has 104 valence electrons. The van der Waals surface area contributed by atoms with Gasteiger partial charge in [-0.05, 0) is 26.7 Å². The number of methoxy groups -OCH3 is 1. The van der Waals surface area contributed by atoms with E-state index in [0.717, 1.165) is 19.3 Å². The molecule has 1 N–H and O–H groups in total. The normalized spacial score (nSPS) is 12.3. The summed E-state index contributed by atoms with van der Waals surface area (Å²) in [5.41, 5.74) is -0.484. The number of hydrogen-bond acceptors (Lipinski definition) is 4. The molecule has 0 amide bonds. The Balaban J connectivity index is 4.50. The summed E-state index contributed by atoms with van der Waals surface area (Å²) in [5.74, 6) is 5.83. The van der Waals surface area contributed by atoms with Crippen LogP contribution in [0.2, 0.25) is 0 Å². The highest BCUT2D eigenvalue weighted by atomic mass is 16.7. The van der Waals surface area contributed by atoms with Crippen molar-refractivity contribution >= 4 is 6.16 Å². The molecule has 1 unspecified atom stereocenters. The van der Waals surface area contributed by atoms with Gasteiger partial charge in [-0.25, -0.2) is 4.79 Å². The summed E-state index contributed by atoms with van der Waals surface area (Å²) in [6.45, 7) is 5.75. The number of rotatable bonds is 6. The lowest BCUT2D eigenvalue weighted by atomic mass is 9.95. The molecule has 4 nitrogen and oxygen atoms in total. The van der Waals surface area contributed by atoms with Crippen LogP contribution in [0, 0.1) is 17.3 Å². The smallest absolute Gasteiger partial charge is 0.438 e. The van der Waals surface area contributed by atoms with Crippen molar-refractivity contribution in [2.45, 2.75) is 52.6 Å². The molecule has 0 spiro atoms. The molecule has 0 aromatic rings. The number of carbonyl (C=O) groups excluding carboxylic acids is 1. The van der Waals surface area contributed by atoms with Gasteiger partial charge in [-0.3, -0.25) is 0 Å². The number of carbonyl (C=O) groups is 1. The second-order valence-electron chi connectivity index (χ2n) is 4.87. The van der Waals surface area contributed by atoms with E-state index in [9.17, 15) is 4.79 Å². The van der Waals surface area contributed by atoms with E-state index in [0.29, 0.717) is 6.42 Å². The first-order chi connectivity index (χ1) is 8.45. The van der Waals surface area contributed by atoms with Crippen molar-refractivity contribution in [1.29, 1.82) is 0 Å². The van der Waals surface area contributed by atoms with E-state index >= 15 is 0 Å². The maximum atomic E-state index is 11.1. The Bertz CT molecular complexity index is 299. The maximum absolute atomic E-state index is 11.1. The van der Waals surface area contributed by atoms with E-state index in [1.54, 1.807) is 0 Å². The highest BCUT2D eigenvalue weighted by Gasteiger charge is 2.15. The third kappa shape index (κ3) is 7.97. The standard InChI is InChI=1S/C14H24O4/c1-5-6-7-8-12(18-13(16)17-4)9-10-14(2,3)11-15/h12,15H,5-8,11H2,1-4H3. The first-order valence-electron chi connectivity index (χ1n) is 6.33. The molecule has 0 aromatic heterocycles. The van der Waals surface area contributed by atoms with Crippen molar-refractivity contribution in [2.75, 3.05) is 13.7 Å². The first-order valence-corrected chi connectivity index (χ1v) is 6.33. The Kier molecular flexibility index (Phi) is 8.23. The van der Waals surface area contributed by atoms with Crippen molar-refractivity contribution in [2.24, 2.45) is 5.41 Å². The van der Waals surface area contributed by atoms with Gasteiger partial charge in [0.05, 0.1) is 13.7 Å². The second-order valence-corrected chi connectivity index (χ2v) is 4.87. The molecule has 0 rings (SSSR count). The minimum atomic E-state index is -0.715. The summed E-state index contributed by atoms with van der Waals surface area (Å²) in [6.07, 6.45) is 2.64. The van der Waals surface area contributed by atoms with Gasteiger partial charge in [-0.1, -0.05) is 31.6 Å². The largest absolute Gasteiger partial charge is 0.509 e. The van der Waals surface area contributed by atoms with Crippen LogP contribution in [0.5, 0.6) is 0 Å². The van der Waals surface area contributed by atoms with Crippen molar-refractivity contribution in [1.82, 2.24) is 0 Å². The molecular formula is C14H24O4. The zero-order chi connectivity index (χ0) is 14.0. The predicted octanol–water partition coefficient (Wildman–Crippen LogP) is 2.74. The lowest BCUT2D eigenvalue weighted by Gasteiger charge is -2.15. The summed E-state index contributed by atoms with van der Waals surface area (Å²) in [6, 6.07) is 0. The Morgan fingerprint density at radius 2 is 2.06 bits per heavy atom. The third-order valence-electron chi connectivity index (χ3n) is 2.44. The maximum Gasteiger partial charge on any atom is 0.509 e. The number of unbranched alkanes of at least 4 members (excludes halogenated alkanes) is 2. The van der Waals surface area contributed by atoms with Gasteiger partial charge >= 0.3 is 6.16 Å². The van der Waals surface area contributed by atoms with Crippen molar-refractivity contribution in [3.8, 4) is 11.8 Å². The molecule has 18 heavy (non-hydrogen) atoms. The van der Waals surface area contributed by atoms with Crippen LogP contribution in [0.15, 0.2) is 0 Å².